The van der Waals surface area contributed by atoms with E-state index in [0.717, 1.165) is 6.54 Å². The zero-order chi connectivity index (χ0) is 13.9. The second-order valence-electron chi connectivity index (χ2n) is 6.17. The van der Waals surface area contributed by atoms with Gasteiger partial charge in [-0.2, -0.15) is 5.10 Å². The highest BCUT2D eigenvalue weighted by atomic mass is 127. The smallest absolute Gasteiger partial charge is 0.0568 e. The van der Waals surface area contributed by atoms with Crippen LogP contribution in [0.25, 0.3) is 11.1 Å². The zero-order valence-electron chi connectivity index (χ0n) is 11.9. The Hall–Kier alpha value is -0.840. The number of aryl methyl sites for hydroxylation is 1. The molecule has 0 fully saturated rings. The fourth-order valence-corrected chi connectivity index (χ4v) is 2.62. The summed E-state index contributed by atoms with van der Waals surface area (Å²) < 4.78 is 3.32. The minimum absolute atomic E-state index is 0.408. The van der Waals surface area contributed by atoms with Crippen molar-refractivity contribution >= 4 is 22.6 Å². The van der Waals surface area contributed by atoms with Crippen LogP contribution in [-0.2, 0) is 6.54 Å². The first-order chi connectivity index (χ1) is 8.94. The van der Waals surface area contributed by atoms with Crippen molar-refractivity contribution in [2.24, 2.45) is 5.41 Å². The molecule has 0 amide bonds. The quantitative estimate of drug-likeness (QED) is 0.696. The molecule has 0 unspecified atom stereocenters. The maximum atomic E-state index is 4.46. The van der Waals surface area contributed by atoms with Gasteiger partial charge in [0.1, 0.15) is 0 Å². The van der Waals surface area contributed by atoms with E-state index in [1.54, 1.807) is 0 Å². The van der Waals surface area contributed by atoms with Crippen LogP contribution in [0, 0.1) is 8.99 Å². The lowest BCUT2D eigenvalue weighted by Gasteiger charge is -2.17. The van der Waals surface area contributed by atoms with E-state index in [9.17, 15) is 0 Å². The zero-order valence-corrected chi connectivity index (χ0v) is 14.0. The van der Waals surface area contributed by atoms with Gasteiger partial charge in [0.05, 0.1) is 6.20 Å². The summed E-state index contributed by atoms with van der Waals surface area (Å²) in [5, 5.41) is 4.46. The summed E-state index contributed by atoms with van der Waals surface area (Å²) in [5.74, 6) is 0. The highest BCUT2D eigenvalue weighted by Gasteiger charge is 2.09. The number of hydrogen-bond acceptors (Lipinski definition) is 1. The predicted molar refractivity (Wildman–Crippen MR) is 89.1 cm³/mol. The van der Waals surface area contributed by atoms with Crippen molar-refractivity contribution < 1.29 is 0 Å². The molecule has 1 aromatic heterocycles. The molecule has 102 valence electrons. The Labute approximate surface area is 129 Å². The number of hydrogen-bond donors (Lipinski definition) is 0. The molecule has 2 nitrogen and oxygen atoms in total. The highest BCUT2D eigenvalue weighted by Crippen LogP contribution is 2.23. The van der Waals surface area contributed by atoms with E-state index in [1.165, 1.54) is 27.5 Å². The summed E-state index contributed by atoms with van der Waals surface area (Å²) in [4.78, 5) is 0. The molecule has 19 heavy (non-hydrogen) atoms. The van der Waals surface area contributed by atoms with Crippen molar-refractivity contribution in [3.8, 4) is 11.1 Å². The van der Waals surface area contributed by atoms with Gasteiger partial charge in [0.25, 0.3) is 0 Å². The largest absolute Gasteiger partial charge is 0.272 e. The average molecular weight is 368 g/mol. The summed E-state index contributed by atoms with van der Waals surface area (Å²) in [7, 11) is 0. The van der Waals surface area contributed by atoms with E-state index < -0.39 is 0 Å². The Morgan fingerprint density at radius 2 is 2.00 bits per heavy atom. The minimum atomic E-state index is 0.408. The van der Waals surface area contributed by atoms with Gasteiger partial charge in [0.15, 0.2) is 0 Å². The van der Waals surface area contributed by atoms with E-state index in [1.807, 2.05) is 6.20 Å². The SMILES string of the molecule is CC(C)(C)CCCn1cc(-c2cccc(I)c2)cn1. The molecule has 0 saturated carbocycles. The van der Waals surface area contributed by atoms with Gasteiger partial charge < -0.3 is 0 Å². The summed E-state index contributed by atoms with van der Waals surface area (Å²) >= 11 is 2.34. The maximum absolute atomic E-state index is 4.46. The van der Waals surface area contributed by atoms with Crippen LogP contribution in [0.2, 0.25) is 0 Å². The van der Waals surface area contributed by atoms with E-state index in [-0.39, 0.29) is 0 Å². The standard InChI is InChI=1S/C16H21IN2/c1-16(2,3)8-5-9-19-12-14(11-18-19)13-6-4-7-15(17)10-13/h4,6-7,10-12H,5,8-9H2,1-3H3. The molecule has 0 aliphatic carbocycles. The third-order valence-corrected chi connectivity index (χ3v) is 3.78. The monoisotopic (exact) mass is 368 g/mol. The van der Waals surface area contributed by atoms with Crippen molar-refractivity contribution in [2.45, 2.75) is 40.2 Å². The van der Waals surface area contributed by atoms with Gasteiger partial charge in [-0.15, -0.1) is 0 Å². The molecule has 0 bridgehead atoms. The maximum Gasteiger partial charge on any atom is 0.0568 e. The number of rotatable bonds is 4. The number of benzene rings is 1. The molecular formula is C16H21IN2. The first kappa shape index (κ1) is 14.6. The second-order valence-corrected chi connectivity index (χ2v) is 7.41. The molecule has 0 aliphatic rings. The third kappa shape index (κ3) is 4.64. The fraction of sp³-hybridized carbons (Fsp3) is 0.438. The van der Waals surface area contributed by atoms with Crippen LogP contribution in [0.3, 0.4) is 0 Å². The first-order valence-electron chi connectivity index (χ1n) is 6.72. The average Bonchev–Trinajstić information content (AvgIpc) is 2.76. The van der Waals surface area contributed by atoms with Gasteiger partial charge in [-0.1, -0.05) is 32.9 Å². The van der Waals surface area contributed by atoms with Gasteiger partial charge in [-0.05, 0) is 58.5 Å². The van der Waals surface area contributed by atoms with E-state index in [2.05, 4.69) is 83.6 Å². The van der Waals surface area contributed by atoms with Crippen LogP contribution in [0.1, 0.15) is 33.6 Å². The topological polar surface area (TPSA) is 17.8 Å². The molecule has 2 aromatic rings. The van der Waals surface area contributed by atoms with Gasteiger partial charge in [0, 0.05) is 21.9 Å². The molecule has 2 rings (SSSR count). The lowest BCUT2D eigenvalue weighted by Crippen LogP contribution is -2.07. The van der Waals surface area contributed by atoms with Gasteiger partial charge >= 0.3 is 0 Å². The molecule has 1 aromatic carbocycles. The number of halogens is 1. The summed E-state index contributed by atoms with van der Waals surface area (Å²) in [6.07, 6.45) is 6.51. The van der Waals surface area contributed by atoms with E-state index >= 15 is 0 Å². The minimum Gasteiger partial charge on any atom is -0.272 e. The predicted octanol–water partition coefficient (Wildman–Crippen LogP) is 4.98. The lowest BCUT2D eigenvalue weighted by molar-refractivity contribution is 0.349. The summed E-state index contributed by atoms with van der Waals surface area (Å²) in [6, 6.07) is 8.53. The van der Waals surface area contributed by atoms with E-state index in [4.69, 9.17) is 0 Å². The molecule has 0 saturated heterocycles. The van der Waals surface area contributed by atoms with Crippen molar-refractivity contribution in [3.05, 3.63) is 40.2 Å². The van der Waals surface area contributed by atoms with Gasteiger partial charge in [0.2, 0.25) is 0 Å². The Kier molecular flexibility index (Phi) is 4.66. The fourth-order valence-electron chi connectivity index (χ4n) is 2.07. The van der Waals surface area contributed by atoms with E-state index in [0.29, 0.717) is 5.41 Å². The summed E-state index contributed by atoms with van der Waals surface area (Å²) in [6.45, 7) is 7.86. The number of aromatic nitrogens is 2. The molecular weight excluding hydrogens is 347 g/mol. The first-order valence-corrected chi connectivity index (χ1v) is 7.80. The molecule has 0 spiro atoms. The van der Waals surface area contributed by atoms with Crippen molar-refractivity contribution in [2.75, 3.05) is 0 Å². The number of nitrogens with zero attached hydrogens (tertiary/aromatic N) is 2. The van der Waals surface area contributed by atoms with Gasteiger partial charge in [-0.3, -0.25) is 4.68 Å². The molecule has 0 aliphatic heterocycles. The van der Waals surface area contributed by atoms with Crippen molar-refractivity contribution in [1.82, 2.24) is 9.78 Å². The van der Waals surface area contributed by atoms with Crippen molar-refractivity contribution in [3.63, 3.8) is 0 Å². The Balaban J connectivity index is 1.99. The molecule has 0 atom stereocenters. The van der Waals surface area contributed by atoms with Crippen LogP contribution in [-0.4, -0.2) is 9.78 Å². The van der Waals surface area contributed by atoms with Crippen LogP contribution in [0.15, 0.2) is 36.7 Å². The lowest BCUT2D eigenvalue weighted by atomic mass is 9.91. The molecule has 3 heteroatoms. The highest BCUT2D eigenvalue weighted by molar-refractivity contribution is 14.1. The Morgan fingerprint density at radius 1 is 1.21 bits per heavy atom. The van der Waals surface area contributed by atoms with Crippen LogP contribution in [0.4, 0.5) is 0 Å². The summed E-state index contributed by atoms with van der Waals surface area (Å²) in [5.41, 5.74) is 2.86. The van der Waals surface area contributed by atoms with Crippen LogP contribution in [0.5, 0.6) is 0 Å². The normalized spacial score (nSPS) is 11.8. The molecule has 0 radical (unpaired) electrons. The third-order valence-electron chi connectivity index (χ3n) is 3.11. The van der Waals surface area contributed by atoms with Gasteiger partial charge in [-0.25, -0.2) is 0 Å². The molecule has 1 heterocycles. The Bertz CT molecular complexity index is 538. The molecule has 0 N–H and O–H groups in total. The Morgan fingerprint density at radius 3 is 2.68 bits per heavy atom. The van der Waals surface area contributed by atoms with Crippen molar-refractivity contribution in [1.29, 1.82) is 0 Å². The van der Waals surface area contributed by atoms with Crippen LogP contribution < -0.4 is 0 Å². The second kappa shape index (κ2) is 6.07. The van der Waals surface area contributed by atoms with Crippen LogP contribution >= 0.6 is 22.6 Å².